The van der Waals surface area contributed by atoms with Crippen molar-refractivity contribution in [2.45, 2.75) is 26.3 Å². The Hall–Kier alpha value is -1.86. The second kappa shape index (κ2) is 7.06. The molecule has 4 heteroatoms. The summed E-state index contributed by atoms with van der Waals surface area (Å²) < 4.78 is 5.07. The van der Waals surface area contributed by atoms with Gasteiger partial charge in [0.2, 0.25) is 0 Å². The average molecular weight is 272 g/mol. The SMILES string of the molecule is CCOC(=O)C1CCN(Cc2ccccc2C#N)CC1. The second-order valence-electron chi connectivity index (χ2n) is 5.07. The third-order valence-electron chi connectivity index (χ3n) is 3.74. The van der Waals surface area contributed by atoms with Gasteiger partial charge in [-0.3, -0.25) is 9.69 Å². The van der Waals surface area contributed by atoms with E-state index in [1.165, 1.54) is 0 Å². The molecule has 106 valence electrons. The highest BCUT2D eigenvalue weighted by Crippen LogP contribution is 2.21. The van der Waals surface area contributed by atoms with Crippen LogP contribution in [-0.4, -0.2) is 30.6 Å². The standard InChI is InChI=1S/C16H20N2O2/c1-2-20-16(19)13-7-9-18(10-8-13)12-15-6-4-3-5-14(15)11-17/h3-6,13H,2,7-10,12H2,1H3. The van der Waals surface area contributed by atoms with E-state index in [9.17, 15) is 4.79 Å². The molecule has 0 bridgehead atoms. The molecule has 1 aromatic carbocycles. The molecule has 0 N–H and O–H groups in total. The summed E-state index contributed by atoms with van der Waals surface area (Å²) in [5.41, 5.74) is 1.80. The molecule has 1 aromatic rings. The molecule has 20 heavy (non-hydrogen) atoms. The lowest BCUT2D eigenvalue weighted by Gasteiger charge is -2.30. The van der Waals surface area contributed by atoms with Crippen LogP contribution >= 0.6 is 0 Å². The molecule has 0 saturated carbocycles. The van der Waals surface area contributed by atoms with Crippen molar-refractivity contribution < 1.29 is 9.53 Å². The van der Waals surface area contributed by atoms with Crippen LogP contribution in [0.2, 0.25) is 0 Å². The van der Waals surface area contributed by atoms with Gasteiger partial charge in [-0.05, 0) is 44.5 Å². The van der Waals surface area contributed by atoms with E-state index in [-0.39, 0.29) is 11.9 Å². The molecule has 1 aliphatic heterocycles. The summed E-state index contributed by atoms with van der Waals surface area (Å²) in [6, 6.07) is 9.92. The molecule has 0 amide bonds. The van der Waals surface area contributed by atoms with Crippen molar-refractivity contribution in [1.82, 2.24) is 4.90 Å². The number of hydrogen-bond donors (Lipinski definition) is 0. The predicted molar refractivity (Wildman–Crippen MR) is 75.8 cm³/mol. The number of nitrogens with zero attached hydrogens (tertiary/aromatic N) is 2. The average Bonchev–Trinajstić information content (AvgIpc) is 2.49. The first-order valence-corrected chi connectivity index (χ1v) is 7.11. The van der Waals surface area contributed by atoms with Crippen LogP contribution in [0.5, 0.6) is 0 Å². The van der Waals surface area contributed by atoms with Crippen LogP contribution in [0.3, 0.4) is 0 Å². The Morgan fingerprint density at radius 2 is 2.10 bits per heavy atom. The van der Waals surface area contributed by atoms with Gasteiger partial charge in [-0.2, -0.15) is 5.26 Å². The summed E-state index contributed by atoms with van der Waals surface area (Å²) in [6.07, 6.45) is 1.68. The van der Waals surface area contributed by atoms with Gasteiger partial charge in [0.05, 0.1) is 24.2 Å². The Labute approximate surface area is 120 Å². The fourth-order valence-electron chi connectivity index (χ4n) is 2.60. The highest BCUT2D eigenvalue weighted by atomic mass is 16.5. The normalized spacial score (nSPS) is 16.6. The number of rotatable bonds is 4. The zero-order valence-corrected chi connectivity index (χ0v) is 11.8. The molecular weight excluding hydrogens is 252 g/mol. The van der Waals surface area contributed by atoms with Crippen LogP contribution in [0.25, 0.3) is 0 Å². The van der Waals surface area contributed by atoms with E-state index in [0.29, 0.717) is 6.61 Å². The van der Waals surface area contributed by atoms with Gasteiger partial charge >= 0.3 is 5.97 Å². The minimum Gasteiger partial charge on any atom is -0.466 e. The number of benzene rings is 1. The molecule has 2 rings (SSSR count). The Bertz CT molecular complexity index is 499. The maximum atomic E-state index is 11.7. The lowest BCUT2D eigenvalue weighted by molar-refractivity contribution is -0.149. The van der Waals surface area contributed by atoms with Crippen molar-refractivity contribution in [2.24, 2.45) is 5.92 Å². The van der Waals surface area contributed by atoms with E-state index in [4.69, 9.17) is 10.00 Å². The van der Waals surface area contributed by atoms with E-state index in [1.54, 1.807) is 0 Å². The number of carbonyl (C=O) groups excluding carboxylic acids is 1. The van der Waals surface area contributed by atoms with Crippen LogP contribution in [0.1, 0.15) is 30.9 Å². The molecular formula is C16H20N2O2. The maximum Gasteiger partial charge on any atom is 0.309 e. The first-order valence-electron chi connectivity index (χ1n) is 7.11. The van der Waals surface area contributed by atoms with Gasteiger partial charge in [0.1, 0.15) is 0 Å². The van der Waals surface area contributed by atoms with E-state index in [1.807, 2.05) is 31.2 Å². The highest BCUT2D eigenvalue weighted by molar-refractivity contribution is 5.72. The first-order chi connectivity index (χ1) is 9.74. The van der Waals surface area contributed by atoms with Gasteiger partial charge in [-0.15, -0.1) is 0 Å². The summed E-state index contributed by atoms with van der Waals surface area (Å²) in [5, 5.41) is 9.09. The lowest BCUT2D eigenvalue weighted by atomic mass is 9.96. The van der Waals surface area contributed by atoms with Crippen LogP contribution < -0.4 is 0 Å². The van der Waals surface area contributed by atoms with Gasteiger partial charge in [0.25, 0.3) is 0 Å². The summed E-state index contributed by atoms with van der Waals surface area (Å²) in [5.74, 6) is -0.0259. The number of piperidine rings is 1. The molecule has 0 spiro atoms. The minimum absolute atomic E-state index is 0.0393. The molecule has 1 aliphatic rings. The van der Waals surface area contributed by atoms with Crippen molar-refractivity contribution in [3.63, 3.8) is 0 Å². The minimum atomic E-state index is -0.0652. The van der Waals surface area contributed by atoms with Crippen molar-refractivity contribution in [2.75, 3.05) is 19.7 Å². The molecule has 0 aromatic heterocycles. The number of likely N-dealkylation sites (tertiary alicyclic amines) is 1. The topological polar surface area (TPSA) is 53.3 Å². The lowest BCUT2D eigenvalue weighted by Crippen LogP contribution is -2.36. The zero-order chi connectivity index (χ0) is 14.4. The van der Waals surface area contributed by atoms with Crippen LogP contribution in [0.4, 0.5) is 0 Å². The Balaban J connectivity index is 1.89. The van der Waals surface area contributed by atoms with Gasteiger partial charge in [-0.25, -0.2) is 0 Å². The van der Waals surface area contributed by atoms with Gasteiger partial charge in [0, 0.05) is 6.54 Å². The number of hydrogen-bond acceptors (Lipinski definition) is 4. The third-order valence-corrected chi connectivity index (χ3v) is 3.74. The summed E-state index contributed by atoms with van der Waals surface area (Å²) >= 11 is 0. The van der Waals surface area contributed by atoms with Gasteiger partial charge < -0.3 is 4.74 Å². The molecule has 1 saturated heterocycles. The number of ether oxygens (including phenoxy) is 1. The van der Waals surface area contributed by atoms with E-state index < -0.39 is 0 Å². The van der Waals surface area contributed by atoms with Crippen molar-refractivity contribution in [3.8, 4) is 6.07 Å². The van der Waals surface area contributed by atoms with Gasteiger partial charge in [-0.1, -0.05) is 18.2 Å². The zero-order valence-electron chi connectivity index (χ0n) is 11.8. The third kappa shape index (κ3) is 3.58. The molecule has 0 aliphatic carbocycles. The Kier molecular flexibility index (Phi) is 5.14. The molecule has 0 radical (unpaired) electrons. The molecule has 1 heterocycles. The predicted octanol–water partition coefficient (Wildman–Crippen LogP) is 2.33. The quantitative estimate of drug-likeness (QED) is 0.789. The summed E-state index contributed by atoms with van der Waals surface area (Å²) in [4.78, 5) is 14.0. The molecule has 1 fully saturated rings. The van der Waals surface area contributed by atoms with Gasteiger partial charge in [0.15, 0.2) is 0 Å². The fraction of sp³-hybridized carbons (Fsp3) is 0.500. The summed E-state index contributed by atoms with van der Waals surface area (Å²) in [7, 11) is 0. The Morgan fingerprint density at radius 1 is 1.40 bits per heavy atom. The molecule has 0 atom stereocenters. The molecule has 0 unspecified atom stereocenters. The highest BCUT2D eigenvalue weighted by Gasteiger charge is 2.26. The molecule has 4 nitrogen and oxygen atoms in total. The van der Waals surface area contributed by atoms with E-state index in [2.05, 4.69) is 11.0 Å². The summed E-state index contributed by atoms with van der Waals surface area (Å²) in [6.45, 7) is 4.83. The van der Waals surface area contributed by atoms with Crippen LogP contribution in [-0.2, 0) is 16.1 Å². The number of carbonyl (C=O) groups is 1. The number of nitriles is 1. The largest absolute Gasteiger partial charge is 0.466 e. The van der Waals surface area contributed by atoms with Crippen LogP contribution in [0, 0.1) is 17.2 Å². The maximum absolute atomic E-state index is 11.7. The number of esters is 1. The van der Waals surface area contributed by atoms with Crippen molar-refractivity contribution in [3.05, 3.63) is 35.4 Å². The first kappa shape index (κ1) is 14.5. The second-order valence-corrected chi connectivity index (χ2v) is 5.07. The van der Waals surface area contributed by atoms with E-state index >= 15 is 0 Å². The smallest absolute Gasteiger partial charge is 0.309 e. The van der Waals surface area contributed by atoms with Crippen molar-refractivity contribution in [1.29, 1.82) is 5.26 Å². The Morgan fingerprint density at radius 3 is 2.75 bits per heavy atom. The van der Waals surface area contributed by atoms with Crippen LogP contribution in [0.15, 0.2) is 24.3 Å². The fourth-order valence-corrected chi connectivity index (χ4v) is 2.60. The van der Waals surface area contributed by atoms with Crippen molar-refractivity contribution >= 4 is 5.97 Å². The van der Waals surface area contributed by atoms with E-state index in [0.717, 1.165) is 43.6 Å². The monoisotopic (exact) mass is 272 g/mol.